The fraction of sp³-hybridized carbons (Fsp3) is 0. The Labute approximate surface area is 159 Å². The number of hydrogen-bond donors (Lipinski definition) is 1. The van der Waals surface area contributed by atoms with Crippen molar-refractivity contribution in [2.24, 2.45) is 5.11 Å². The van der Waals surface area contributed by atoms with E-state index in [0.717, 1.165) is 0 Å². The Hall–Kier alpha value is -4.33. The minimum Gasteiger partial charge on any atom is -0.507 e. The van der Waals surface area contributed by atoms with E-state index in [-0.39, 0.29) is 39.3 Å². The quantitative estimate of drug-likeness (QED) is 0.232. The smallest absolute Gasteiger partial charge is 0.198 e. The molecule has 4 rings (SSSR count). The third kappa shape index (κ3) is 2.69. The molecular weight excluding hydrogens is 354 g/mol. The number of ketones is 2. The van der Waals surface area contributed by atoms with Crippen LogP contribution in [0.5, 0.6) is 5.75 Å². The van der Waals surface area contributed by atoms with Crippen LogP contribution in [0, 0.1) is 11.8 Å². The Kier molecular flexibility index (Phi) is 4.13. The number of carbonyl (C=O) groups excluding carboxylic acids is 2. The number of aromatic hydroxyl groups is 1. The molecule has 1 aliphatic rings. The maximum absolute atomic E-state index is 13.0. The van der Waals surface area contributed by atoms with Gasteiger partial charge in [-0.05, 0) is 23.7 Å². The number of benzene rings is 3. The predicted octanol–water partition coefficient (Wildman–Crippen LogP) is 4.51. The third-order valence-electron chi connectivity index (χ3n) is 4.41. The van der Waals surface area contributed by atoms with Gasteiger partial charge in [-0.1, -0.05) is 59.4 Å². The molecule has 3 aromatic carbocycles. The molecule has 0 heterocycles. The third-order valence-corrected chi connectivity index (χ3v) is 4.41. The average Bonchev–Trinajstić information content (AvgIpc) is 2.72. The lowest BCUT2D eigenvalue weighted by molar-refractivity contribution is 0.0977. The molecule has 0 radical (unpaired) electrons. The fourth-order valence-electron chi connectivity index (χ4n) is 3.16. The van der Waals surface area contributed by atoms with Gasteiger partial charge in [-0.3, -0.25) is 9.59 Å². The highest BCUT2D eigenvalue weighted by Crippen LogP contribution is 2.40. The molecule has 0 aromatic heterocycles. The van der Waals surface area contributed by atoms with Gasteiger partial charge in [-0.15, -0.1) is 0 Å². The molecule has 0 aliphatic heterocycles. The molecule has 6 nitrogen and oxygen atoms in total. The van der Waals surface area contributed by atoms with Crippen molar-refractivity contribution in [1.29, 1.82) is 0 Å². The Bertz CT molecular complexity index is 1260. The number of phenolic OH excluding ortho intramolecular Hbond substituents is 1. The van der Waals surface area contributed by atoms with E-state index in [1.807, 2.05) is 18.2 Å². The molecule has 0 unspecified atom stereocenters. The summed E-state index contributed by atoms with van der Waals surface area (Å²) >= 11 is 0. The summed E-state index contributed by atoms with van der Waals surface area (Å²) in [7, 11) is 0. The van der Waals surface area contributed by atoms with Crippen LogP contribution in [0.2, 0.25) is 0 Å². The Balaban J connectivity index is 1.99. The lowest BCUT2D eigenvalue weighted by Crippen LogP contribution is -2.21. The van der Waals surface area contributed by atoms with E-state index in [9.17, 15) is 14.7 Å². The van der Waals surface area contributed by atoms with Crippen molar-refractivity contribution in [2.75, 3.05) is 0 Å². The Morgan fingerprint density at radius 3 is 2.11 bits per heavy atom. The molecule has 0 amide bonds. The summed E-state index contributed by atoms with van der Waals surface area (Å²) in [5.74, 6) is 4.35. The van der Waals surface area contributed by atoms with Crippen molar-refractivity contribution in [2.45, 2.75) is 0 Å². The van der Waals surface area contributed by atoms with Crippen molar-refractivity contribution < 1.29 is 14.7 Å². The van der Waals surface area contributed by atoms with Crippen molar-refractivity contribution in [3.8, 4) is 17.6 Å². The molecule has 1 N–H and O–H groups in total. The summed E-state index contributed by atoms with van der Waals surface area (Å²) in [5.41, 5.74) is 9.91. The van der Waals surface area contributed by atoms with Crippen LogP contribution in [-0.4, -0.2) is 16.7 Å². The van der Waals surface area contributed by atoms with Crippen LogP contribution >= 0.6 is 0 Å². The predicted molar refractivity (Wildman–Crippen MR) is 103 cm³/mol. The molecule has 1 aliphatic carbocycles. The highest BCUT2D eigenvalue weighted by molar-refractivity contribution is 6.31. The van der Waals surface area contributed by atoms with Gasteiger partial charge in [0.2, 0.25) is 0 Å². The Morgan fingerprint density at radius 2 is 1.46 bits per heavy atom. The van der Waals surface area contributed by atoms with Gasteiger partial charge in [0.1, 0.15) is 5.75 Å². The molecule has 3 aromatic rings. The number of hydrogen-bond acceptors (Lipinski definition) is 4. The van der Waals surface area contributed by atoms with Crippen molar-refractivity contribution in [1.82, 2.24) is 0 Å². The van der Waals surface area contributed by atoms with Crippen LogP contribution < -0.4 is 0 Å². The standard InChI is InChI=1S/C22H11N3O3/c23-25-24-20-14(11-10-13-6-2-1-3-7-13)12-17(26)18-19(20)22(28)16-9-5-4-8-15(16)21(18)27/h1-9,12,26H. The molecule has 28 heavy (non-hydrogen) atoms. The summed E-state index contributed by atoms with van der Waals surface area (Å²) in [6.45, 7) is 0. The first-order valence-corrected chi connectivity index (χ1v) is 8.32. The van der Waals surface area contributed by atoms with E-state index < -0.39 is 11.6 Å². The van der Waals surface area contributed by atoms with Crippen molar-refractivity contribution >= 4 is 17.3 Å². The molecule has 0 saturated carbocycles. The van der Waals surface area contributed by atoms with E-state index in [1.54, 1.807) is 24.3 Å². The highest BCUT2D eigenvalue weighted by Gasteiger charge is 2.34. The second kappa shape index (κ2) is 6.76. The van der Waals surface area contributed by atoms with Gasteiger partial charge in [0.05, 0.1) is 11.3 Å². The number of azide groups is 1. The van der Waals surface area contributed by atoms with Gasteiger partial charge in [-0.25, -0.2) is 0 Å². The molecule has 0 atom stereocenters. The first kappa shape index (κ1) is 17.1. The van der Waals surface area contributed by atoms with Crippen LogP contribution in [0.4, 0.5) is 5.69 Å². The van der Waals surface area contributed by atoms with Crippen LogP contribution in [0.1, 0.15) is 43.0 Å². The van der Waals surface area contributed by atoms with Gasteiger partial charge in [0, 0.05) is 32.7 Å². The summed E-state index contributed by atoms with van der Waals surface area (Å²) in [6, 6.07) is 16.7. The molecule has 0 saturated heterocycles. The summed E-state index contributed by atoms with van der Waals surface area (Å²) < 4.78 is 0. The van der Waals surface area contributed by atoms with Crippen LogP contribution in [0.3, 0.4) is 0 Å². The molecule has 6 heteroatoms. The van der Waals surface area contributed by atoms with E-state index in [4.69, 9.17) is 5.53 Å². The van der Waals surface area contributed by atoms with Gasteiger partial charge < -0.3 is 5.11 Å². The molecular formula is C22H11N3O3. The second-order valence-corrected chi connectivity index (χ2v) is 6.05. The first-order valence-electron chi connectivity index (χ1n) is 8.32. The summed E-state index contributed by atoms with van der Waals surface area (Å²) in [5, 5.41) is 14.1. The SMILES string of the molecule is [N-]=[N+]=Nc1c(C#Cc2ccccc2)cc(O)c2c1C(=O)c1ccccc1C2=O. The maximum Gasteiger partial charge on any atom is 0.198 e. The minimum absolute atomic E-state index is 0.0633. The van der Waals surface area contributed by atoms with Gasteiger partial charge >= 0.3 is 0 Å². The zero-order chi connectivity index (χ0) is 19.7. The Morgan fingerprint density at radius 1 is 0.857 bits per heavy atom. The lowest BCUT2D eigenvalue weighted by atomic mass is 9.81. The fourth-order valence-corrected chi connectivity index (χ4v) is 3.16. The van der Waals surface area contributed by atoms with Crippen LogP contribution in [0.25, 0.3) is 10.4 Å². The maximum atomic E-state index is 13.0. The number of carbonyl (C=O) groups is 2. The van der Waals surface area contributed by atoms with Gasteiger partial charge in [-0.2, -0.15) is 0 Å². The first-order chi connectivity index (χ1) is 13.6. The number of rotatable bonds is 1. The van der Waals surface area contributed by atoms with Crippen LogP contribution in [-0.2, 0) is 0 Å². The zero-order valence-electron chi connectivity index (χ0n) is 14.4. The van der Waals surface area contributed by atoms with E-state index in [2.05, 4.69) is 21.9 Å². The van der Waals surface area contributed by atoms with E-state index >= 15 is 0 Å². The number of nitrogens with zero attached hydrogens (tertiary/aromatic N) is 3. The highest BCUT2D eigenvalue weighted by atomic mass is 16.3. The normalized spacial score (nSPS) is 11.6. The lowest BCUT2D eigenvalue weighted by Gasteiger charge is -2.20. The largest absolute Gasteiger partial charge is 0.507 e. The summed E-state index contributed by atoms with van der Waals surface area (Å²) in [6.07, 6.45) is 0. The molecule has 0 fully saturated rings. The average molecular weight is 365 g/mol. The number of fused-ring (bicyclic) bond motifs is 2. The van der Waals surface area contributed by atoms with Crippen LogP contribution in [0.15, 0.2) is 65.8 Å². The molecule has 0 bridgehead atoms. The van der Waals surface area contributed by atoms with E-state index in [1.165, 1.54) is 18.2 Å². The van der Waals surface area contributed by atoms with E-state index in [0.29, 0.717) is 5.56 Å². The molecule has 0 spiro atoms. The second-order valence-electron chi connectivity index (χ2n) is 6.05. The van der Waals surface area contributed by atoms with Gasteiger partial charge in [0.25, 0.3) is 0 Å². The van der Waals surface area contributed by atoms with Crippen molar-refractivity contribution in [3.63, 3.8) is 0 Å². The van der Waals surface area contributed by atoms with Gasteiger partial charge in [0.15, 0.2) is 11.6 Å². The topological polar surface area (TPSA) is 103 Å². The summed E-state index contributed by atoms with van der Waals surface area (Å²) in [4.78, 5) is 28.7. The van der Waals surface area contributed by atoms with Crippen molar-refractivity contribution in [3.05, 3.63) is 104 Å². The minimum atomic E-state index is -0.500. The molecule has 132 valence electrons. The number of phenols is 1. The monoisotopic (exact) mass is 365 g/mol. The zero-order valence-corrected chi connectivity index (χ0v) is 14.4.